The molecule has 12 heteroatoms. The number of rotatable bonds is 13. The lowest BCUT2D eigenvalue weighted by Gasteiger charge is -2.08. The highest BCUT2D eigenvalue weighted by Gasteiger charge is 2.38. The van der Waals surface area contributed by atoms with E-state index in [1.54, 1.807) is 12.1 Å². The maximum Gasteiger partial charge on any atom is 0.490 e. The zero-order valence-corrected chi connectivity index (χ0v) is 18.8. The van der Waals surface area contributed by atoms with Crippen molar-refractivity contribution in [3.8, 4) is 5.75 Å². The Balaban J connectivity index is 0.000000762. The van der Waals surface area contributed by atoms with Crippen molar-refractivity contribution in [3.63, 3.8) is 0 Å². The monoisotopic (exact) mass is 500 g/mol. The standard InChI is InChI=1S/C21H26N2O5.C2HF3O2/c24-21(25)12-14-22-13-2-5-17-8-10-20(11-9-17)28-15-3-6-18-4-1-7-19(16-18)23(26)27;3-2(4,5)1(6)7/h1,4,7-11,16,22H,2-3,5-6,12-15H2,(H,24,25);(H,6,7). The summed E-state index contributed by atoms with van der Waals surface area (Å²) >= 11 is 0. The van der Waals surface area contributed by atoms with Crippen LogP contribution in [-0.2, 0) is 22.4 Å². The number of nitro benzene ring substituents is 1. The SMILES string of the molecule is O=C(O)C(F)(F)F.O=C(O)CCNCCCc1ccc(OCCCc2cccc([N+](=O)[O-])c2)cc1. The lowest BCUT2D eigenvalue weighted by atomic mass is 10.1. The van der Waals surface area contributed by atoms with E-state index in [-0.39, 0.29) is 17.0 Å². The molecule has 0 aromatic heterocycles. The van der Waals surface area contributed by atoms with Gasteiger partial charge in [0.25, 0.3) is 5.69 Å². The third kappa shape index (κ3) is 13.6. The molecule has 0 aliphatic heterocycles. The molecule has 3 N–H and O–H groups in total. The Labute approximate surface area is 199 Å². The summed E-state index contributed by atoms with van der Waals surface area (Å²) in [5, 5.41) is 29.6. The quantitative estimate of drug-likeness (QED) is 0.211. The second kappa shape index (κ2) is 15.3. The molecule has 0 bridgehead atoms. The zero-order chi connectivity index (χ0) is 26.3. The fraction of sp³-hybridized carbons (Fsp3) is 0.391. The highest BCUT2D eigenvalue weighted by Crippen LogP contribution is 2.16. The van der Waals surface area contributed by atoms with Gasteiger partial charge in [0.05, 0.1) is 18.0 Å². The molecule has 0 amide bonds. The Hall–Kier alpha value is -3.67. The Morgan fingerprint density at radius 2 is 1.60 bits per heavy atom. The first-order valence-electron chi connectivity index (χ1n) is 10.7. The predicted octanol–water partition coefficient (Wildman–Crippen LogP) is 4.24. The minimum Gasteiger partial charge on any atom is -0.494 e. The van der Waals surface area contributed by atoms with Gasteiger partial charge in [-0.3, -0.25) is 14.9 Å². The number of hydrogen-bond acceptors (Lipinski definition) is 6. The number of halogens is 3. The Morgan fingerprint density at radius 1 is 0.971 bits per heavy atom. The smallest absolute Gasteiger partial charge is 0.490 e. The van der Waals surface area contributed by atoms with E-state index in [2.05, 4.69) is 5.32 Å². The minimum absolute atomic E-state index is 0.117. The summed E-state index contributed by atoms with van der Waals surface area (Å²) < 4.78 is 37.5. The van der Waals surface area contributed by atoms with Crippen LogP contribution in [0.3, 0.4) is 0 Å². The number of aliphatic carboxylic acids is 2. The molecule has 2 rings (SSSR count). The molecule has 0 atom stereocenters. The molecule has 0 saturated heterocycles. The van der Waals surface area contributed by atoms with E-state index in [1.807, 2.05) is 30.3 Å². The summed E-state index contributed by atoms with van der Waals surface area (Å²) in [6, 6.07) is 14.6. The Kier molecular flexibility index (Phi) is 12.8. The molecule has 0 aliphatic rings. The number of benzene rings is 2. The molecule has 0 saturated carbocycles. The van der Waals surface area contributed by atoms with Gasteiger partial charge >= 0.3 is 18.1 Å². The molecule has 35 heavy (non-hydrogen) atoms. The van der Waals surface area contributed by atoms with Crippen LogP contribution in [0.5, 0.6) is 5.75 Å². The fourth-order valence-corrected chi connectivity index (χ4v) is 2.78. The number of alkyl halides is 3. The summed E-state index contributed by atoms with van der Waals surface area (Å²) in [6.07, 6.45) is -1.55. The van der Waals surface area contributed by atoms with Gasteiger partial charge in [-0.2, -0.15) is 13.2 Å². The van der Waals surface area contributed by atoms with E-state index in [4.69, 9.17) is 19.7 Å². The third-order valence-electron chi connectivity index (χ3n) is 4.50. The van der Waals surface area contributed by atoms with Crippen LogP contribution in [0, 0.1) is 10.1 Å². The van der Waals surface area contributed by atoms with E-state index in [9.17, 15) is 28.1 Å². The highest BCUT2D eigenvalue weighted by molar-refractivity contribution is 5.73. The first kappa shape index (κ1) is 29.4. The molecule has 0 radical (unpaired) electrons. The predicted molar refractivity (Wildman–Crippen MR) is 120 cm³/mol. The number of hydrogen-bond donors (Lipinski definition) is 3. The van der Waals surface area contributed by atoms with E-state index in [1.165, 1.54) is 11.6 Å². The summed E-state index contributed by atoms with van der Waals surface area (Å²) in [7, 11) is 0. The second-order valence-electron chi connectivity index (χ2n) is 7.32. The van der Waals surface area contributed by atoms with Crippen molar-refractivity contribution >= 4 is 17.6 Å². The van der Waals surface area contributed by atoms with E-state index < -0.39 is 18.1 Å². The van der Waals surface area contributed by atoms with Crippen LogP contribution in [0.2, 0.25) is 0 Å². The number of nitrogens with one attached hydrogen (secondary N) is 1. The van der Waals surface area contributed by atoms with Crippen molar-refractivity contribution in [2.75, 3.05) is 19.7 Å². The number of nitro groups is 1. The summed E-state index contributed by atoms with van der Waals surface area (Å²) in [4.78, 5) is 29.7. The lowest BCUT2D eigenvalue weighted by molar-refractivity contribution is -0.384. The molecular formula is C23H27F3N2O7. The first-order chi connectivity index (χ1) is 16.5. The molecule has 0 fully saturated rings. The molecular weight excluding hydrogens is 473 g/mol. The molecule has 0 spiro atoms. The van der Waals surface area contributed by atoms with Crippen LogP contribution in [0.25, 0.3) is 0 Å². The van der Waals surface area contributed by atoms with Gasteiger partial charge in [-0.05, 0) is 55.5 Å². The van der Waals surface area contributed by atoms with Crippen molar-refractivity contribution in [2.45, 2.75) is 38.3 Å². The topological polar surface area (TPSA) is 139 Å². The van der Waals surface area contributed by atoms with Crippen molar-refractivity contribution in [3.05, 3.63) is 69.8 Å². The van der Waals surface area contributed by atoms with Crippen molar-refractivity contribution in [1.29, 1.82) is 0 Å². The van der Waals surface area contributed by atoms with Gasteiger partial charge in [-0.25, -0.2) is 4.79 Å². The van der Waals surface area contributed by atoms with Gasteiger partial charge in [-0.15, -0.1) is 0 Å². The maximum absolute atomic E-state index is 10.8. The summed E-state index contributed by atoms with van der Waals surface area (Å²) in [6.45, 7) is 1.84. The number of non-ortho nitro benzene ring substituents is 1. The molecule has 0 unspecified atom stereocenters. The second-order valence-corrected chi connectivity index (χ2v) is 7.32. The van der Waals surface area contributed by atoms with Crippen LogP contribution in [-0.4, -0.2) is 52.9 Å². The number of carboxylic acid groups (broad SMARTS) is 2. The van der Waals surface area contributed by atoms with Gasteiger partial charge in [0.2, 0.25) is 0 Å². The fourth-order valence-electron chi connectivity index (χ4n) is 2.78. The van der Waals surface area contributed by atoms with Gasteiger partial charge < -0.3 is 20.3 Å². The van der Waals surface area contributed by atoms with Crippen molar-refractivity contribution in [2.24, 2.45) is 0 Å². The van der Waals surface area contributed by atoms with Gasteiger partial charge in [0, 0.05) is 18.7 Å². The average molecular weight is 500 g/mol. The largest absolute Gasteiger partial charge is 0.494 e. The number of carboxylic acids is 2. The highest BCUT2D eigenvalue weighted by atomic mass is 19.4. The lowest BCUT2D eigenvalue weighted by Crippen LogP contribution is -2.21. The van der Waals surface area contributed by atoms with Gasteiger partial charge in [0.15, 0.2) is 0 Å². The van der Waals surface area contributed by atoms with Crippen molar-refractivity contribution < 1.29 is 42.6 Å². The first-order valence-corrected chi connectivity index (χ1v) is 10.7. The Morgan fingerprint density at radius 3 is 2.17 bits per heavy atom. The molecule has 192 valence electrons. The third-order valence-corrected chi connectivity index (χ3v) is 4.50. The average Bonchev–Trinajstić information content (AvgIpc) is 2.79. The number of aryl methyl sites for hydroxylation is 2. The van der Waals surface area contributed by atoms with E-state index >= 15 is 0 Å². The van der Waals surface area contributed by atoms with Crippen molar-refractivity contribution in [1.82, 2.24) is 5.32 Å². The van der Waals surface area contributed by atoms with Gasteiger partial charge in [0.1, 0.15) is 5.75 Å². The molecule has 0 heterocycles. The number of carbonyl (C=O) groups is 2. The molecule has 0 aliphatic carbocycles. The van der Waals surface area contributed by atoms with E-state index in [0.29, 0.717) is 13.2 Å². The normalized spacial score (nSPS) is 10.7. The van der Waals surface area contributed by atoms with Gasteiger partial charge in [-0.1, -0.05) is 24.3 Å². The zero-order valence-electron chi connectivity index (χ0n) is 18.8. The molecule has 2 aromatic rings. The van der Waals surface area contributed by atoms with Crippen LogP contribution in [0.15, 0.2) is 48.5 Å². The summed E-state index contributed by atoms with van der Waals surface area (Å²) in [5.74, 6) is -2.73. The molecule has 2 aromatic carbocycles. The number of nitrogens with zero attached hydrogens (tertiary/aromatic N) is 1. The number of ether oxygens (including phenoxy) is 1. The van der Waals surface area contributed by atoms with E-state index in [0.717, 1.165) is 43.5 Å². The van der Waals surface area contributed by atoms with Crippen LogP contribution in [0.4, 0.5) is 18.9 Å². The Bertz CT molecular complexity index is 951. The minimum atomic E-state index is -5.08. The van der Waals surface area contributed by atoms with Crippen LogP contribution >= 0.6 is 0 Å². The molecule has 9 nitrogen and oxygen atoms in total. The van der Waals surface area contributed by atoms with Crippen LogP contribution < -0.4 is 10.1 Å². The summed E-state index contributed by atoms with van der Waals surface area (Å²) in [5.41, 5.74) is 2.26. The maximum atomic E-state index is 10.8. The van der Waals surface area contributed by atoms with Crippen LogP contribution in [0.1, 0.15) is 30.4 Å².